The topological polar surface area (TPSA) is 25.8 Å². The standard InChI is InChI=1S/C15H12N2S/c1-11-5-4-6-12(9-11)15-17-14(10-18-15)13-7-2-3-8-16-13/h2-10H,1H3. The van der Waals surface area contributed by atoms with Gasteiger partial charge in [0, 0.05) is 17.1 Å². The van der Waals surface area contributed by atoms with E-state index in [9.17, 15) is 0 Å². The van der Waals surface area contributed by atoms with Crippen molar-refractivity contribution in [3.05, 3.63) is 59.6 Å². The Morgan fingerprint density at radius 1 is 1.00 bits per heavy atom. The third kappa shape index (κ3) is 2.17. The highest BCUT2D eigenvalue weighted by Gasteiger charge is 2.06. The van der Waals surface area contributed by atoms with Gasteiger partial charge < -0.3 is 0 Å². The van der Waals surface area contributed by atoms with Crippen molar-refractivity contribution in [2.24, 2.45) is 0 Å². The second-order valence-electron chi connectivity index (χ2n) is 4.12. The molecule has 2 heterocycles. The van der Waals surface area contributed by atoms with Crippen LogP contribution < -0.4 is 0 Å². The molecule has 0 bridgehead atoms. The molecule has 0 spiro atoms. The second-order valence-corrected chi connectivity index (χ2v) is 4.98. The van der Waals surface area contributed by atoms with Crippen molar-refractivity contribution < 1.29 is 0 Å². The molecule has 88 valence electrons. The highest BCUT2D eigenvalue weighted by molar-refractivity contribution is 7.13. The highest BCUT2D eigenvalue weighted by atomic mass is 32.1. The largest absolute Gasteiger partial charge is 0.255 e. The molecule has 0 aliphatic carbocycles. The Balaban J connectivity index is 2.00. The van der Waals surface area contributed by atoms with Crippen LogP contribution in [0.1, 0.15) is 5.56 Å². The third-order valence-corrected chi connectivity index (χ3v) is 3.59. The predicted octanol–water partition coefficient (Wildman–Crippen LogP) is 4.18. The first-order valence-electron chi connectivity index (χ1n) is 5.77. The Morgan fingerprint density at radius 3 is 2.72 bits per heavy atom. The first-order chi connectivity index (χ1) is 8.83. The maximum Gasteiger partial charge on any atom is 0.124 e. The molecule has 0 N–H and O–H groups in total. The van der Waals surface area contributed by atoms with Gasteiger partial charge in [-0.3, -0.25) is 4.98 Å². The van der Waals surface area contributed by atoms with Crippen LogP contribution in [0, 0.1) is 6.92 Å². The van der Waals surface area contributed by atoms with Crippen molar-refractivity contribution in [1.29, 1.82) is 0 Å². The van der Waals surface area contributed by atoms with Crippen LogP contribution in [-0.4, -0.2) is 9.97 Å². The minimum atomic E-state index is 0.924. The zero-order valence-electron chi connectivity index (χ0n) is 10.00. The van der Waals surface area contributed by atoms with E-state index in [1.807, 2.05) is 18.2 Å². The first-order valence-corrected chi connectivity index (χ1v) is 6.65. The molecule has 0 aliphatic heterocycles. The van der Waals surface area contributed by atoms with Crippen LogP contribution in [0.15, 0.2) is 54.0 Å². The average molecular weight is 252 g/mol. The van der Waals surface area contributed by atoms with Crippen LogP contribution in [0.4, 0.5) is 0 Å². The Bertz CT molecular complexity index is 659. The summed E-state index contributed by atoms with van der Waals surface area (Å²) in [5, 5.41) is 3.10. The maximum atomic E-state index is 4.65. The number of pyridine rings is 1. The molecule has 1 aromatic carbocycles. The van der Waals surface area contributed by atoms with Crippen LogP contribution in [0.5, 0.6) is 0 Å². The molecule has 3 rings (SSSR count). The van der Waals surface area contributed by atoms with E-state index >= 15 is 0 Å². The highest BCUT2D eigenvalue weighted by Crippen LogP contribution is 2.28. The fourth-order valence-electron chi connectivity index (χ4n) is 1.82. The van der Waals surface area contributed by atoms with E-state index in [0.717, 1.165) is 16.4 Å². The lowest BCUT2D eigenvalue weighted by atomic mass is 10.1. The number of aromatic nitrogens is 2. The molecule has 0 saturated carbocycles. The Labute approximate surface area is 110 Å². The van der Waals surface area contributed by atoms with Crippen molar-refractivity contribution in [3.63, 3.8) is 0 Å². The van der Waals surface area contributed by atoms with Gasteiger partial charge in [0.25, 0.3) is 0 Å². The maximum absolute atomic E-state index is 4.65. The summed E-state index contributed by atoms with van der Waals surface area (Å²) in [5.41, 5.74) is 4.29. The fourth-order valence-corrected chi connectivity index (χ4v) is 2.63. The molecule has 2 aromatic heterocycles. The van der Waals surface area contributed by atoms with Crippen molar-refractivity contribution in [2.45, 2.75) is 6.92 Å². The Morgan fingerprint density at radius 2 is 1.94 bits per heavy atom. The normalized spacial score (nSPS) is 10.5. The summed E-state index contributed by atoms with van der Waals surface area (Å²) in [7, 11) is 0. The number of nitrogens with zero attached hydrogens (tertiary/aromatic N) is 2. The molecule has 0 saturated heterocycles. The molecular formula is C15H12N2S. The van der Waals surface area contributed by atoms with Gasteiger partial charge in [-0.25, -0.2) is 4.98 Å². The minimum absolute atomic E-state index is 0.924. The van der Waals surface area contributed by atoms with Gasteiger partial charge in [0.05, 0.1) is 5.69 Å². The van der Waals surface area contributed by atoms with Crippen molar-refractivity contribution >= 4 is 11.3 Å². The number of hydrogen-bond acceptors (Lipinski definition) is 3. The number of aryl methyl sites for hydroxylation is 1. The SMILES string of the molecule is Cc1cccc(-c2nc(-c3ccccn3)cs2)c1. The summed E-state index contributed by atoms with van der Waals surface area (Å²) < 4.78 is 0. The zero-order chi connectivity index (χ0) is 12.4. The predicted molar refractivity (Wildman–Crippen MR) is 75.5 cm³/mol. The molecule has 18 heavy (non-hydrogen) atoms. The number of rotatable bonds is 2. The third-order valence-electron chi connectivity index (χ3n) is 2.70. The van der Waals surface area contributed by atoms with E-state index in [-0.39, 0.29) is 0 Å². The molecule has 2 nitrogen and oxygen atoms in total. The van der Waals surface area contributed by atoms with E-state index in [0.29, 0.717) is 0 Å². The molecule has 0 fully saturated rings. The number of thiazole rings is 1. The lowest BCUT2D eigenvalue weighted by molar-refractivity contribution is 1.28. The quantitative estimate of drug-likeness (QED) is 0.683. The summed E-state index contributed by atoms with van der Waals surface area (Å²) in [6.45, 7) is 2.09. The molecule has 0 amide bonds. The summed E-state index contributed by atoms with van der Waals surface area (Å²) in [6.07, 6.45) is 1.79. The molecule has 0 aliphatic rings. The Hall–Kier alpha value is -2.00. The van der Waals surface area contributed by atoms with Crippen molar-refractivity contribution in [3.8, 4) is 22.0 Å². The van der Waals surface area contributed by atoms with Crippen LogP contribution in [-0.2, 0) is 0 Å². The summed E-state index contributed by atoms with van der Waals surface area (Å²) >= 11 is 1.66. The van der Waals surface area contributed by atoms with Crippen molar-refractivity contribution in [2.75, 3.05) is 0 Å². The second kappa shape index (κ2) is 4.70. The van der Waals surface area contributed by atoms with E-state index in [2.05, 4.69) is 46.5 Å². The monoisotopic (exact) mass is 252 g/mol. The number of benzene rings is 1. The molecule has 0 atom stereocenters. The summed E-state index contributed by atoms with van der Waals surface area (Å²) in [4.78, 5) is 8.97. The average Bonchev–Trinajstić information content (AvgIpc) is 2.89. The van der Waals surface area contributed by atoms with Gasteiger partial charge in [-0.2, -0.15) is 0 Å². The lowest BCUT2D eigenvalue weighted by Crippen LogP contribution is -1.82. The summed E-state index contributed by atoms with van der Waals surface area (Å²) in [5.74, 6) is 0. The van der Waals surface area contributed by atoms with Gasteiger partial charge in [0.15, 0.2) is 0 Å². The smallest absolute Gasteiger partial charge is 0.124 e. The van der Waals surface area contributed by atoms with Gasteiger partial charge in [-0.1, -0.05) is 29.8 Å². The summed E-state index contributed by atoms with van der Waals surface area (Å²) in [6, 6.07) is 14.3. The van der Waals surface area contributed by atoms with E-state index in [4.69, 9.17) is 0 Å². The van der Waals surface area contributed by atoms with Gasteiger partial charge in [0.2, 0.25) is 0 Å². The van der Waals surface area contributed by atoms with Gasteiger partial charge >= 0.3 is 0 Å². The van der Waals surface area contributed by atoms with E-state index in [1.54, 1.807) is 17.5 Å². The molecule has 0 radical (unpaired) electrons. The van der Waals surface area contributed by atoms with Gasteiger partial charge in [0.1, 0.15) is 10.7 Å². The van der Waals surface area contributed by atoms with E-state index in [1.165, 1.54) is 11.1 Å². The van der Waals surface area contributed by atoms with Gasteiger partial charge in [-0.15, -0.1) is 11.3 Å². The Kier molecular flexibility index (Phi) is 2.90. The van der Waals surface area contributed by atoms with Crippen molar-refractivity contribution in [1.82, 2.24) is 9.97 Å². The number of hydrogen-bond donors (Lipinski definition) is 0. The molecular weight excluding hydrogens is 240 g/mol. The van der Waals surface area contributed by atoms with E-state index < -0.39 is 0 Å². The van der Waals surface area contributed by atoms with Crippen LogP contribution >= 0.6 is 11.3 Å². The molecule has 3 aromatic rings. The van der Waals surface area contributed by atoms with Crippen LogP contribution in [0.3, 0.4) is 0 Å². The minimum Gasteiger partial charge on any atom is -0.255 e. The molecule has 3 heteroatoms. The lowest BCUT2D eigenvalue weighted by Gasteiger charge is -1.97. The first kappa shape index (κ1) is 11.1. The van der Waals surface area contributed by atoms with Crippen LogP contribution in [0.25, 0.3) is 22.0 Å². The fraction of sp³-hybridized carbons (Fsp3) is 0.0667. The van der Waals surface area contributed by atoms with Crippen LogP contribution in [0.2, 0.25) is 0 Å². The van der Waals surface area contributed by atoms with Gasteiger partial charge in [-0.05, 0) is 25.1 Å². The zero-order valence-corrected chi connectivity index (χ0v) is 10.8. The molecule has 0 unspecified atom stereocenters.